The number of carbonyl (C=O) groups excluding carboxylic acids is 1. The summed E-state index contributed by atoms with van der Waals surface area (Å²) >= 11 is 0. The second-order valence-corrected chi connectivity index (χ2v) is 7.63. The van der Waals surface area contributed by atoms with E-state index in [-0.39, 0.29) is 24.4 Å². The summed E-state index contributed by atoms with van der Waals surface area (Å²) in [5.74, 6) is 1.12. The third-order valence-electron chi connectivity index (χ3n) is 4.59. The third kappa shape index (κ3) is 5.60. The molecule has 6 heteroatoms. The van der Waals surface area contributed by atoms with E-state index in [0.717, 1.165) is 23.3 Å². The Bertz CT molecular complexity index is 603. The van der Waals surface area contributed by atoms with E-state index in [0.29, 0.717) is 32.2 Å². The van der Waals surface area contributed by atoms with Gasteiger partial charge >= 0.3 is 0 Å². The molecule has 2 rings (SSSR count). The summed E-state index contributed by atoms with van der Waals surface area (Å²) in [6.45, 7) is 12.3. The minimum absolute atomic E-state index is 0. The number of halogens is 1. The second kappa shape index (κ2) is 9.58. The van der Waals surface area contributed by atoms with Crippen LogP contribution in [0.15, 0.2) is 18.2 Å². The number of rotatable bonds is 6. The fraction of sp³-hybridized carbons (Fsp3) is 0.650. The minimum atomic E-state index is -0.929. The first-order chi connectivity index (χ1) is 11.7. The van der Waals surface area contributed by atoms with Crippen LogP contribution in [0.2, 0.25) is 0 Å². The van der Waals surface area contributed by atoms with E-state index >= 15 is 0 Å². The normalized spacial score (nSPS) is 17.8. The molecule has 1 aromatic rings. The molecular weight excluding hydrogens is 352 g/mol. The number of aryl methyl sites for hydroxylation is 1. The SMILES string of the molecule is Cc1ccc(C(C)C)c(OC(C)(C)C(=O)N2CCOC(CCN)C2)c1.Cl. The molecule has 1 aromatic carbocycles. The zero-order valence-corrected chi connectivity index (χ0v) is 17.4. The highest BCUT2D eigenvalue weighted by atomic mass is 35.5. The molecule has 1 aliphatic heterocycles. The average Bonchev–Trinajstić information content (AvgIpc) is 2.54. The Balaban J connectivity index is 0.00000338. The fourth-order valence-electron chi connectivity index (χ4n) is 3.17. The number of hydrogen-bond donors (Lipinski definition) is 1. The van der Waals surface area contributed by atoms with E-state index < -0.39 is 5.60 Å². The van der Waals surface area contributed by atoms with Crippen LogP contribution in [0.3, 0.4) is 0 Å². The largest absolute Gasteiger partial charge is 0.478 e. The van der Waals surface area contributed by atoms with Crippen LogP contribution in [0.4, 0.5) is 0 Å². The summed E-state index contributed by atoms with van der Waals surface area (Å²) in [5.41, 5.74) is 6.93. The van der Waals surface area contributed by atoms with Crippen molar-refractivity contribution in [3.63, 3.8) is 0 Å². The van der Waals surface area contributed by atoms with Crippen molar-refractivity contribution in [1.29, 1.82) is 0 Å². The molecule has 0 spiro atoms. The molecule has 148 valence electrons. The lowest BCUT2D eigenvalue weighted by atomic mass is 9.99. The third-order valence-corrected chi connectivity index (χ3v) is 4.59. The number of benzene rings is 1. The van der Waals surface area contributed by atoms with Crippen molar-refractivity contribution in [3.8, 4) is 5.75 Å². The zero-order chi connectivity index (χ0) is 18.6. The van der Waals surface area contributed by atoms with Crippen molar-refractivity contribution in [2.24, 2.45) is 5.73 Å². The Labute approximate surface area is 163 Å². The first-order valence-corrected chi connectivity index (χ1v) is 9.15. The van der Waals surface area contributed by atoms with E-state index in [1.165, 1.54) is 0 Å². The fourth-order valence-corrected chi connectivity index (χ4v) is 3.17. The van der Waals surface area contributed by atoms with Crippen LogP contribution in [0.25, 0.3) is 0 Å². The van der Waals surface area contributed by atoms with Gasteiger partial charge in [0.05, 0.1) is 12.7 Å². The summed E-state index contributed by atoms with van der Waals surface area (Å²) in [6.07, 6.45) is 0.782. The van der Waals surface area contributed by atoms with Crippen LogP contribution in [-0.2, 0) is 9.53 Å². The number of hydrogen-bond acceptors (Lipinski definition) is 4. The minimum Gasteiger partial charge on any atom is -0.478 e. The van der Waals surface area contributed by atoms with Gasteiger partial charge in [0.1, 0.15) is 5.75 Å². The lowest BCUT2D eigenvalue weighted by Gasteiger charge is -2.38. The van der Waals surface area contributed by atoms with Gasteiger partial charge in [-0.25, -0.2) is 0 Å². The molecule has 0 saturated carbocycles. The molecule has 5 nitrogen and oxygen atoms in total. The summed E-state index contributed by atoms with van der Waals surface area (Å²) in [5, 5.41) is 0. The quantitative estimate of drug-likeness (QED) is 0.817. The first kappa shape index (κ1) is 22.7. The molecule has 1 fully saturated rings. The van der Waals surface area contributed by atoms with Crippen LogP contribution >= 0.6 is 12.4 Å². The molecule has 0 aromatic heterocycles. The molecule has 1 unspecified atom stereocenters. The zero-order valence-electron chi connectivity index (χ0n) is 16.6. The predicted octanol–water partition coefficient (Wildman–Crippen LogP) is 3.27. The molecular formula is C20H33ClN2O3. The number of nitrogens with zero attached hydrogens (tertiary/aromatic N) is 1. The van der Waals surface area contributed by atoms with Crippen molar-refractivity contribution in [1.82, 2.24) is 4.90 Å². The Morgan fingerprint density at radius 3 is 2.73 bits per heavy atom. The van der Waals surface area contributed by atoms with E-state index in [1.54, 1.807) is 0 Å². The van der Waals surface area contributed by atoms with Gasteiger partial charge in [-0.15, -0.1) is 12.4 Å². The molecule has 1 saturated heterocycles. The lowest BCUT2D eigenvalue weighted by molar-refractivity contribution is -0.153. The van der Waals surface area contributed by atoms with Gasteiger partial charge in [0.25, 0.3) is 5.91 Å². The van der Waals surface area contributed by atoms with Gasteiger partial charge in [-0.1, -0.05) is 26.0 Å². The highest BCUT2D eigenvalue weighted by molar-refractivity contribution is 5.85. The van der Waals surface area contributed by atoms with Crippen molar-refractivity contribution in [2.45, 2.75) is 58.7 Å². The average molecular weight is 385 g/mol. The maximum atomic E-state index is 13.1. The molecule has 26 heavy (non-hydrogen) atoms. The van der Waals surface area contributed by atoms with E-state index in [1.807, 2.05) is 31.7 Å². The highest BCUT2D eigenvalue weighted by Gasteiger charge is 2.37. The Kier molecular flexibility index (Phi) is 8.38. The number of amides is 1. The standard InChI is InChI=1S/C20H32N2O3.ClH/c1-14(2)17-7-6-15(3)12-18(17)25-20(4,5)19(23)22-10-11-24-16(13-22)8-9-21;/h6-7,12,14,16H,8-11,13,21H2,1-5H3;1H. The van der Waals surface area contributed by atoms with Crippen LogP contribution in [0.5, 0.6) is 5.75 Å². The Morgan fingerprint density at radius 2 is 2.12 bits per heavy atom. The van der Waals surface area contributed by atoms with Gasteiger partial charge < -0.3 is 20.1 Å². The van der Waals surface area contributed by atoms with Crippen molar-refractivity contribution in [3.05, 3.63) is 29.3 Å². The van der Waals surface area contributed by atoms with Gasteiger partial charge in [0.15, 0.2) is 5.60 Å². The molecule has 2 N–H and O–H groups in total. The second-order valence-electron chi connectivity index (χ2n) is 7.63. The Morgan fingerprint density at radius 1 is 1.42 bits per heavy atom. The summed E-state index contributed by atoms with van der Waals surface area (Å²) < 4.78 is 11.9. The van der Waals surface area contributed by atoms with Crippen molar-refractivity contribution >= 4 is 18.3 Å². The molecule has 0 bridgehead atoms. The molecule has 1 amide bonds. The first-order valence-electron chi connectivity index (χ1n) is 9.15. The van der Waals surface area contributed by atoms with Crippen LogP contribution < -0.4 is 10.5 Å². The van der Waals surface area contributed by atoms with Gasteiger partial charge in [-0.3, -0.25) is 4.79 Å². The topological polar surface area (TPSA) is 64.8 Å². The number of nitrogens with two attached hydrogens (primary N) is 1. The number of ether oxygens (including phenoxy) is 2. The molecule has 1 atom stereocenters. The monoisotopic (exact) mass is 384 g/mol. The summed E-state index contributed by atoms with van der Waals surface area (Å²) in [4.78, 5) is 14.9. The predicted molar refractivity (Wildman–Crippen MR) is 107 cm³/mol. The molecule has 0 aliphatic carbocycles. The lowest BCUT2D eigenvalue weighted by Crippen LogP contribution is -2.54. The van der Waals surface area contributed by atoms with Crippen LogP contribution in [0.1, 0.15) is 51.2 Å². The summed E-state index contributed by atoms with van der Waals surface area (Å²) in [7, 11) is 0. The van der Waals surface area contributed by atoms with Gasteiger partial charge in [0, 0.05) is 13.1 Å². The van der Waals surface area contributed by atoms with Gasteiger partial charge in [-0.2, -0.15) is 0 Å². The highest BCUT2D eigenvalue weighted by Crippen LogP contribution is 2.31. The van der Waals surface area contributed by atoms with Crippen LogP contribution in [-0.4, -0.2) is 48.8 Å². The van der Waals surface area contributed by atoms with E-state index in [9.17, 15) is 4.79 Å². The molecule has 1 aliphatic rings. The Hall–Kier alpha value is -1.30. The van der Waals surface area contributed by atoms with Crippen molar-refractivity contribution in [2.75, 3.05) is 26.2 Å². The maximum Gasteiger partial charge on any atom is 0.266 e. The number of carbonyl (C=O) groups is 1. The number of morpholine rings is 1. The van der Waals surface area contributed by atoms with Crippen LogP contribution in [0, 0.1) is 6.92 Å². The van der Waals surface area contributed by atoms with E-state index in [2.05, 4.69) is 26.0 Å². The van der Waals surface area contributed by atoms with E-state index in [4.69, 9.17) is 15.2 Å². The summed E-state index contributed by atoms with van der Waals surface area (Å²) in [6, 6.07) is 6.18. The molecule has 0 radical (unpaired) electrons. The van der Waals surface area contributed by atoms with Crippen molar-refractivity contribution < 1.29 is 14.3 Å². The smallest absolute Gasteiger partial charge is 0.266 e. The van der Waals surface area contributed by atoms with Gasteiger partial charge in [0.2, 0.25) is 0 Å². The maximum absolute atomic E-state index is 13.1. The van der Waals surface area contributed by atoms with Gasteiger partial charge in [-0.05, 0) is 56.8 Å². The molecule has 1 heterocycles.